The van der Waals surface area contributed by atoms with Gasteiger partial charge in [-0.2, -0.15) is 0 Å². The summed E-state index contributed by atoms with van der Waals surface area (Å²) in [6, 6.07) is 0. The van der Waals surface area contributed by atoms with Gasteiger partial charge in [0.05, 0.1) is 0 Å². The van der Waals surface area contributed by atoms with E-state index in [2.05, 4.69) is 69.2 Å². The van der Waals surface area contributed by atoms with E-state index in [1.165, 1.54) is 19.3 Å². The fourth-order valence-corrected chi connectivity index (χ4v) is 3.61. The van der Waals surface area contributed by atoms with Gasteiger partial charge in [-0.1, -0.05) is 82.1 Å². The molecule has 0 N–H and O–H groups in total. The number of rotatable bonds is 8. The third-order valence-electron chi connectivity index (χ3n) is 6.33. The fraction of sp³-hybridized carbons (Fsp3) is 1.00. The molecule has 0 aliphatic rings. The van der Waals surface area contributed by atoms with Gasteiger partial charge in [-0.3, -0.25) is 0 Å². The largest absolute Gasteiger partial charge is 0.0654 e. The van der Waals surface area contributed by atoms with Crippen LogP contribution in [0, 0.1) is 40.9 Å². The molecule has 0 aliphatic heterocycles. The molecule has 0 saturated heterocycles. The van der Waals surface area contributed by atoms with E-state index in [9.17, 15) is 0 Å². The summed E-state index contributed by atoms with van der Waals surface area (Å²) >= 11 is 0. The Balaban J connectivity index is 4.49. The van der Waals surface area contributed by atoms with E-state index in [0.29, 0.717) is 5.41 Å². The van der Waals surface area contributed by atoms with Crippen LogP contribution in [0.3, 0.4) is 0 Å². The van der Waals surface area contributed by atoms with Gasteiger partial charge < -0.3 is 0 Å². The van der Waals surface area contributed by atoms with Gasteiger partial charge in [0, 0.05) is 0 Å². The normalized spacial score (nSPS) is 21.9. The Labute approximate surface area is 130 Å². The first kappa shape index (κ1) is 20.0. The Morgan fingerprint density at radius 3 is 1.55 bits per heavy atom. The lowest BCUT2D eigenvalue weighted by Gasteiger charge is -2.37. The number of hydrogen-bond acceptors (Lipinski definition) is 0. The smallest absolute Gasteiger partial charge is 0.0354 e. The molecule has 20 heavy (non-hydrogen) atoms. The predicted molar refractivity (Wildman–Crippen MR) is 94.0 cm³/mol. The van der Waals surface area contributed by atoms with Gasteiger partial charge >= 0.3 is 0 Å². The zero-order chi connectivity index (χ0) is 16.1. The minimum Gasteiger partial charge on any atom is -0.0654 e. The first-order valence-electron chi connectivity index (χ1n) is 9.02. The molecule has 0 rings (SSSR count). The molecule has 0 saturated carbocycles. The molecule has 6 unspecified atom stereocenters. The highest BCUT2D eigenvalue weighted by Crippen LogP contribution is 2.38. The van der Waals surface area contributed by atoms with E-state index in [0.717, 1.165) is 35.5 Å². The maximum atomic E-state index is 2.48. The zero-order valence-corrected chi connectivity index (χ0v) is 16.1. The third kappa shape index (κ3) is 6.19. The predicted octanol–water partition coefficient (Wildman–Crippen LogP) is 7.04. The average molecular weight is 283 g/mol. The van der Waals surface area contributed by atoms with Gasteiger partial charge in [0.25, 0.3) is 0 Å². The van der Waals surface area contributed by atoms with Gasteiger partial charge in [0.2, 0.25) is 0 Å². The Kier molecular flexibility index (Phi) is 8.44. The third-order valence-corrected chi connectivity index (χ3v) is 6.33. The lowest BCUT2D eigenvalue weighted by Crippen LogP contribution is -2.28. The second kappa shape index (κ2) is 8.44. The van der Waals surface area contributed by atoms with Crippen molar-refractivity contribution in [2.45, 2.75) is 88.5 Å². The summed E-state index contributed by atoms with van der Waals surface area (Å²) < 4.78 is 0. The summed E-state index contributed by atoms with van der Waals surface area (Å²) in [4.78, 5) is 0. The summed E-state index contributed by atoms with van der Waals surface area (Å²) in [6.45, 7) is 24.2. The van der Waals surface area contributed by atoms with Crippen molar-refractivity contribution >= 4 is 0 Å². The molecular formula is C20H42. The second-order valence-electron chi connectivity index (χ2n) is 8.83. The van der Waals surface area contributed by atoms with Crippen molar-refractivity contribution in [3.8, 4) is 0 Å². The molecule has 0 aromatic heterocycles. The van der Waals surface area contributed by atoms with Crippen molar-refractivity contribution in [2.24, 2.45) is 40.9 Å². The summed E-state index contributed by atoms with van der Waals surface area (Å²) in [5, 5.41) is 0. The van der Waals surface area contributed by atoms with Gasteiger partial charge in [-0.25, -0.2) is 0 Å². The van der Waals surface area contributed by atoms with Gasteiger partial charge in [0.1, 0.15) is 0 Å². The van der Waals surface area contributed by atoms with Crippen molar-refractivity contribution in [1.29, 1.82) is 0 Å². The van der Waals surface area contributed by atoms with Crippen LogP contribution in [0.15, 0.2) is 0 Å². The fourth-order valence-electron chi connectivity index (χ4n) is 3.61. The van der Waals surface area contributed by atoms with Crippen molar-refractivity contribution in [2.75, 3.05) is 0 Å². The molecule has 0 amide bonds. The minimum atomic E-state index is 0.434. The molecule has 0 aromatic carbocycles. The number of hydrogen-bond donors (Lipinski definition) is 0. The molecule has 0 heteroatoms. The Bertz CT molecular complexity index is 247. The van der Waals surface area contributed by atoms with Crippen LogP contribution in [0.4, 0.5) is 0 Å². The monoisotopic (exact) mass is 282 g/mol. The van der Waals surface area contributed by atoms with Crippen molar-refractivity contribution in [1.82, 2.24) is 0 Å². The van der Waals surface area contributed by atoms with Crippen molar-refractivity contribution < 1.29 is 0 Å². The highest BCUT2D eigenvalue weighted by molar-refractivity contribution is 4.79. The minimum absolute atomic E-state index is 0.434. The van der Waals surface area contributed by atoms with Gasteiger partial charge in [-0.05, 0) is 47.3 Å². The van der Waals surface area contributed by atoms with Gasteiger partial charge in [0.15, 0.2) is 0 Å². The summed E-state index contributed by atoms with van der Waals surface area (Å²) in [7, 11) is 0. The molecule has 0 nitrogen and oxygen atoms in total. The maximum absolute atomic E-state index is 2.48. The molecule has 0 aliphatic carbocycles. The van der Waals surface area contributed by atoms with E-state index >= 15 is 0 Å². The first-order valence-corrected chi connectivity index (χ1v) is 9.02. The van der Waals surface area contributed by atoms with Crippen LogP contribution in [-0.4, -0.2) is 0 Å². The van der Waals surface area contributed by atoms with Crippen LogP contribution in [0.5, 0.6) is 0 Å². The van der Waals surface area contributed by atoms with E-state index in [-0.39, 0.29) is 0 Å². The van der Waals surface area contributed by atoms with E-state index in [4.69, 9.17) is 0 Å². The topological polar surface area (TPSA) is 0 Å². The summed E-state index contributed by atoms with van der Waals surface area (Å²) in [5.74, 6) is 5.01. The zero-order valence-electron chi connectivity index (χ0n) is 16.1. The Morgan fingerprint density at radius 2 is 1.15 bits per heavy atom. The lowest BCUT2D eigenvalue weighted by molar-refractivity contribution is 0.130. The van der Waals surface area contributed by atoms with Crippen LogP contribution in [0.1, 0.15) is 88.5 Å². The molecule has 0 bridgehead atoms. The van der Waals surface area contributed by atoms with Crippen molar-refractivity contribution in [3.05, 3.63) is 0 Å². The van der Waals surface area contributed by atoms with Crippen LogP contribution < -0.4 is 0 Å². The van der Waals surface area contributed by atoms with E-state index in [1.807, 2.05) is 0 Å². The second-order valence-corrected chi connectivity index (χ2v) is 8.83. The molecule has 6 atom stereocenters. The lowest BCUT2D eigenvalue weighted by atomic mass is 9.69. The first-order chi connectivity index (χ1) is 9.02. The molecule has 0 radical (unpaired) electrons. The molecule has 122 valence electrons. The summed E-state index contributed by atoms with van der Waals surface area (Å²) in [6.07, 6.45) is 4.08. The SMILES string of the molecule is CCCC(C)C(C)C(C)C(C)CC(C)C(C)C(C)(C)C. The molecular weight excluding hydrogens is 240 g/mol. The van der Waals surface area contributed by atoms with Crippen LogP contribution >= 0.6 is 0 Å². The van der Waals surface area contributed by atoms with E-state index in [1.54, 1.807) is 0 Å². The Hall–Kier alpha value is 0. The summed E-state index contributed by atoms with van der Waals surface area (Å²) in [5.41, 5.74) is 0.434. The Morgan fingerprint density at radius 1 is 0.700 bits per heavy atom. The molecule has 0 spiro atoms. The van der Waals surface area contributed by atoms with Crippen LogP contribution in [-0.2, 0) is 0 Å². The highest BCUT2D eigenvalue weighted by atomic mass is 14.3. The maximum Gasteiger partial charge on any atom is -0.0354 e. The standard InChI is InChI=1S/C20H42/c1-11-12-14(2)17(5)18(6)15(3)13-16(4)19(7)20(8,9)10/h14-19H,11-13H2,1-10H3. The van der Waals surface area contributed by atoms with Crippen molar-refractivity contribution in [3.63, 3.8) is 0 Å². The van der Waals surface area contributed by atoms with Crippen LogP contribution in [0.25, 0.3) is 0 Å². The molecule has 0 aromatic rings. The molecule has 0 heterocycles. The quantitative estimate of drug-likeness (QED) is 0.448. The average Bonchev–Trinajstić information content (AvgIpc) is 2.34. The van der Waals surface area contributed by atoms with E-state index < -0.39 is 0 Å². The van der Waals surface area contributed by atoms with Crippen LogP contribution in [0.2, 0.25) is 0 Å². The highest BCUT2D eigenvalue weighted by Gasteiger charge is 2.29. The van der Waals surface area contributed by atoms with Gasteiger partial charge in [-0.15, -0.1) is 0 Å². The molecule has 0 fully saturated rings.